The Morgan fingerprint density at radius 1 is 1.56 bits per heavy atom. The van der Waals surface area contributed by atoms with Gasteiger partial charge in [-0.3, -0.25) is 4.90 Å². The van der Waals surface area contributed by atoms with Gasteiger partial charge in [-0.1, -0.05) is 0 Å². The van der Waals surface area contributed by atoms with Crippen LogP contribution in [0.3, 0.4) is 0 Å². The first-order chi connectivity index (χ1) is 8.58. The summed E-state index contributed by atoms with van der Waals surface area (Å²) in [5, 5.41) is 8.95. The summed E-state index contributed by atoms with van der Waals surface area (Å²) >= 11 is 1.61. The topological polar surface area (TPSA) is 66.6 Å². The van der Waals surface area contributed by atoms with Crippen LogP contribution in [0.25, 0.3) is 0 Å². The van der Waals surface area contributed by atoms with Gasteiger partial charge in [-0.05, 0) is 20.0 Å². The molecule has 0 amide bonds. The number of rotatable bonds is 5. The van der Waals surface area contributed by atoms with Crippen LogP contribution in [0.5, 0.6) is 0 Å². The molecular weight excluding hydrogens is 252 g/mol. The normalized spacial score (nSPS) is 11.1. The lowest BCUT2D eigenvalue weighted by Gasteiger charge is -2.15. The molecule has 0 atom stereocenters. The van der Waals surface area contributed by atoms with Crippen molar-refractivity contribution in [1.82, 2.24) is 9.88 Å². The minimum absolute atomic E-state index is 0.0166. The minimum Gasteiger partial charge on any atom is -0.475 e. The van der Waals surface area contributed by atoms with Crippen LogP contribution in [-0.4, -0.2) is 28.0 Å². The molecule has 2 rings (SSSR count). The maximum atomic E-state index is 10.9. The summed E-state index contributed by atoms with van der Waals surface area (Å²) < 4.78 is 4.95. The van der Waals surface area contributed by atoms with Gasteiger partial charge in [0.25, 0.3) is 0 Å². The molecule has 0 aliphatic heterocycles. The van der Waals surface area contributed by atoms with Crippen LogP contribution in [0.4, 0.5) is 0 Å². The summed E-state index contributed by atoms with van der Waals surface area (Å²) in [6.07, 6.45) is 1.41. The van der Waals surface area contributed by atoms with Gasteiger partial charge in [-0.15, -0.1) is 11.3 Å². The molecule has 0 aliphatic rings. The van der Waals surface area contributed by atoms with E-state index < -0.39 is 5.97 Å². The predicted octanol–water partition coefficient (Wildman–Crippen LogP) is 2.37. The number of carboxylic acid groups (broad SMARTS) is 1. The van der Waals surface area contributed by atoms with Gasteiger partial charge in [-0.25, -0.2) is 9.78 Å². The lowest BCUT2D eigenvalue weighted by Crippen LogP contribution is -2.18. The Kier molecular flexibility index (Phi) is 3.78. The maximum absolute atomic E-state index is 10.9. The van der Waals surface area contributed by atoms with E-state index in [1.54, 1.807) is 17.4 Å². The highest BCUT2D eigenvalue weighted by Gasteiger charge is 2.15. The lowest BCUT2D eigenvalue weighted by molar-refractivity contribution is 0.0659. The van der Waals surface area contributed by atoms with Crippen LogP contribution in [-0.2, 0) is 13.1 Å². The standard InChI is InChI=1S/C12H14N2O3S/c1-8-10(18-7-13-8)6-14(2)5-9-3-4-17-11(9)12(15)16/h3-4,7H,5-6H2,1-2H3,(H,15,16). The Labute approximate surface area is 109 Å². The number of aromatic carboxylic acids is 1. The molecule has 5 nitrogen and oxygen atoms in total. The summed E-state index contributed by atoms with van der Waals surface area (Å²) in [6, 6.07) is 1.69. The third-order valence-electron chi connectivity index (χ3n) is 2.64. The quantitative estimate of drug-likeness (QED) is 0.900. The number of thiazole rings is 1. The van der Waals surface area contributed by atoms with Crippen LogP contribution in [0.1, 0.15) is 26.7 Å². The number of carbonyl (C=O) groups is 1. The molecule has 0 fully saturated rings. The maximum Gasteiger partial charge on any atom is 0.372 e. The minimum atomic E-state index is -1.03. The molecule has 18 heavy (non-hydrogen) atoms. The molecule has 0 aromatic carbocycles. The first kappa shape index (κ1) is 12.8. The Morgan fingerprint density at radius 2 is 2.33 bits per heavy atom. The van der Waals surface area contributed by atoms with Crippen molar-refractivity contribution in [2.24, 2.45) is 0 Å². The van der Waals surface area contributed by atoms with E-state index in [2.05, 4.69) is 4.98 Å². The first-order valence-corrected chi connectivity index (χ1v) is 6.33. The van der Waals surface area contributed by atoms with Gasteiger partial charge in [0.1, 0.15) is 0 Å². The van der Waals surface area contributed by atoms with Gasteiger partial charge in [-0.2, -0.15) is 0 Å². The molecule has 2 heterocycles. The Balaban J connectivity index is 2.03. The monoisotopic (exact) mass is 266 g/mol. The number of aryl methyl sites for hydroxylation is 1. The second-order valence-electron chi connectivity index (χ2n) is 4.11. The van der Waals surface area contributed by atoms with Crippen molar-refractivity contribution in [3.8, 4) is 0 Å². The molecule has 0 bridgehead atoms. The fourth-order valence-electron chi connectivity index (χ4n) is 1.72. The second-order valence-corrected chi connectivity index (χ2v) is 5.05. The zero-order valence-electron chi connectivity index (χ0n) is 10.2. The smallest absolute Gasteiger partial charge is 0.372 e. The number of hydrogen-bond acceptors (Lipinski definition) is 5. The fraction of sp³-hybridized carbons (Fsp3) is 0.333. The zero-order valence-corrected chi connectivity index (χ0v) is 11.0. The molecule has 0 radical (unpaired) electrons. The summed E-state index contributed by atoms with van der Waals surface area (Å²) in [6.45, 7) is 3.26. The predicted molar refractivity (Wildman–Crippen MR) is 67.7 cm³/mol. The molecule has 0 aliphatic carbocycles. The van der Waals surface area contributed by atoms with Crippen molar-refractivity contribution in [3.63, 3.8) is 0 Å². The number of nitrogens with zero attached hydrogens (tertiary/aromatic N) is 2. The fourth-order valence-corrected chi connectivity index (χ4v) is 2.57. The van der Waals surface area contributed by atoms with Crippen LogP contribution < -0.4 is 0 Å². The molecule has 1 N–H and O–H groups in total. The van der Waals surface area contributed by atoms with Crippen LogP contribution in [0.15, 0.2) is 22.3 Å². The largest absolute Gasteiger partial charge is 0.475 e. The molecule has 0 saturated heterocycles. The summed E-state index contributed by atoms with van der Waals surface area (Å²) in [5.74, 6) is -1.01. The van der Waals surface area contributed by atoms with Crippen molar-refractivity contribution in [2.45, 2.75) is 20.0 Å². The average Bonchev–Trinajstić information content (AvgIpc) is 2.89. The van der Waals surface area contributed by atoms with E-state index in [9.17, 15) is 4.79 Å². The highest BCUT2D eigenvalue weighted by molar-refractivity contribution is 7.09. The van der Waals surface area contributed by atoms with Crippen LogP contribution in [0.2, 0.25) is 0 Å². The van der Waals surface area contributed by atoms with E-state index in [4.69, 9.17) is 9.52 Å². The first-order valence-electron chi connectivity index (χ1n) is 5.45. The highest BCUT2D eigenvalue weighted by atomic mass is 32.1. The molecule has 0 saturated carbocycles. The molecule has 6 heteroatoms. The van der Waals surface area contributed by atoms with Gasteiger partial charge < -0.3 is 9.52 Å². The van der Waals surface area contributed by atoms with Gasteiger partial charge >= 0.3 is 5.97 Å². The van der Waals surface area contributed by atoms with Crippen molar-refractivity contribution in [1.29, 1.82) is 0 Å². The highest BCUT2D eigenvalue weighted by Crippen LogP contribution is 2.17. The Bertz CT molecular complexity index is 547. The van der Waals surface area contributed by atoms with Crippen molar-refractivity contribution >= 4 is 17.3 Å². The lowest BCUT2D eigenvalue weighted by atomic mass is 10.2. The Hall–Kier alpha value is -1.66. The van der Waals surface area contributed by atoms with Gasteiger partial charge in [0.05, 0.1) is 17.5 Å². The van der Waals surface area contributed by atoms with Crippen molar-refractivity contribution in [3.05, 3.63) is 39.7 Å². The molecule has 2 aromatic heterocycles. The van der Waals surface area contributed by atoms with E-state index in [0.717, 1.165) is 12.2 Å². The van der Waals surface area contributed by atoms with Gasteiger partial charge in [0.15, 0.2) is 0 Å². The molecule has 96 valence electrons. The second kappa shape index (κ2) is 5.32. The molecule has 2 aromatic rings. The van der Waals surface area contributed by atoms with E-state index >= 15 is 0 Å². The molecule has 0 spiro atoms. The van der Waals surface area contributed by atoms with E-state index in [0.29, 0.717) is 12.1 Å². The van der Waals surface area contributed by atoms with Crippen LogP contribution in [0, 0.1) is 6.92 Å². The third kappa shape index (κ3) is 2.77. The van der Waals surface area contributed by atoms with Crippen molar-refractivity contribution in [2.75, 3.05) is 7.05 Å². The van der Waals surface area contributed by atoms with Gasteiger partial charge in [0, 0.05) is 23.5 Å². The number of carboxylic acids is 1. The van der Waals surface area contributed by atoms with E-state index in [-0.39, 0.29) is 5.76 Å². The van der Waals surface area contributed by atoms with Crippen LogP contribution >= 0.6 is 11.3 Å². The average molecular weight is 266 g/mol. The summed E-state index contributed by atoms with van der Waals surface area (Å²) in [7, 11) is 1.94. The number of aromatic nitrogens is 1. The SMILES string of the molecule is Cc1ncsc1CN(C)Cc1ccoc1C(=O)O. The summed E-state index contributed by atoms with van der Waals surface area (Å²) in [4.78, 5) is 18.3. The third-order valence-corrected chi connectivity index (χ3v) is 3.56. The summed E-state index contributed by atoms with van der Waals surface area (Å²) in [5.41, 5.74) is 3.53. The zero-order chi connectivity index (χ0) is 13.1. The van der Waals surface area contributed by atoms with Crippen molar-refractivity contribution < 1.29 is 14.3 Å². The van der Waals surface area contributed by atoms with Gasteiger partial charge in [0.2, 0.25) is 5.76 Å². The molecule has 0 unspecified atom stereocenters. The Morgan fingerprint density at radius 3 is 2.94 bits per heavy atom. The van der Waals surface area contributed by atoms with E-state index in [1.807, 2.05) is 24.4 Å². The molecular formula is C12H14N2O3S. The van der Waals surface area contributed by atoms with E-state index in [1.165, 1.54) is 11.1 Å². The number of furan rings is 1. The number of hydrogen-bond donors (Lipinski definition) is 1.